The van der Waals surface area contributed by atoms with Gasteiger partial charge >= 0.3 is 0 Å². The van der Waals surface area contributed by atoms with Crippen LogP contribution in [0.2, 0.25) is 0 Å². The first-order valence-electron chi connectivity index (χ1n) is 11.6. The van der Waals surface area contributed by atoms with Crippen LogP contribution in [0.25, 0.3) is 0 Å². The van der Waals surface area contributed by atoms with Crippen molar-refractivity contribution in [1.29, 1.82) is 0 Å². The summed E-state index contributed by atoms with van der Waals surface area (Å²) in [6.45, 7) is 2.80. The topological polar surface area (TPSA) is 68.4 Å². The lowest BCUT2D eigenvalue weighted by molar-refractivity contribution is -0.136. The zero-order valence-corrected chi connectivity index (χ0v) is 17.3. The second kappa shape index (κ2) is 8.72. The fourth-order valence-corrected chi connectivity index (χ4v) is 6.16. The number of rotatable bonds is 4. The number of hydrogen-bond acceptors (Lipinski definition) is 5. The Hall–Kier alpha value is -1.47. The van der Waals surface area contributed by atoms with Gasteiger partial charge in [-0.05, 0) is 49.5 Å². The molecule has 4 aliphatic rings. The van der Waals surface area contributed by atoms with Crippen LogP contribution in [0.5, 0.6) is 0 Å². The van der Waals surface area contributed by atoms with Crippen LogP contribution >= 0.6 is 0 Å². The summed E-state index contributed by atoms with van der Waals surface area (Å²) in [6.07, 6.45) is 8.32. The van der Waals surface area contributed by atoms with Gasteiger partial charge in [0, 0.05) is 37.6 Å². The van der Waals surface area contributed by atoms with Crippen molar-refractivity contribution >= 4 is 5.91 Å². The minimum absolute atomic E-state index is 0.0335. The summed E-state index contributed by atoms with van der Waals surface area (Å²) in [4.78, 5) is 15.5. The molecule has 1 amide bonds. The van der Waals surface area contributed by atoms with Gasteiger partial charge in [0.1, 0.15) is 6.04 Å². The van der Waals surface area contributed by atoms with Crippen molar-refractivity contribution in [3.8, 4) is 0 Å². The summed E-state index contributed by atoms with van der Waals surface area (Å²) in [6, 6.07) is 11.7. The predicted molar refractivity (Wildman–Crippen MR) is 114 cm³/mol. The van der Waals surface area contributed by atoms with Crippen LogP contribution in [0, 0.1) is 17.8 Å². The van der Waals surface area contributed by atoms with Gasteiger partial charge in [0.05, 0.1) is 0 Å². The molecule has 0 radical (unpaired) electrons. The third kappa shape index (κ3) is 4.08. The van der Waals surface area contributed by atoms with Gasteiger partial charge in [-0.2, -0.15) is 0 Å². The average Bonchev–Trinajstić information content (AvgIpc) is 3.41. The number of likely N-dealkylation sites (tertiary alicyclic amines) is 1. The molecule has 4 N–H and O–H groups in total. The third-order valence-electron chi connectivity index (χ3n) is 7.70. The van der Waals surface area contributed by atoms with E-state index in [1.807, 2.05) is 0 Å². The number of benzene rings is 1. The van der Waals surface area contributed by atoms with Crippen LogP contribution in [0.3, 0.4) is 0 Å². The zero-order valence-electron chi connectivity index (χ0n) is 17.3. The number of carbonyl (C=O) groups is 1. The Balaban J connectivity index is 1.22. The molecule has 6 unspecified atom stereocenters. The number of nitrogens with zero attached hydrogens (tertiary/aromatic N) is 1. The fraction of sp³-hybridized carbons (Fsp3) is 0.696. The summed E-state index contributed by atoms with van der Waals surface area (Å²) in [5.74, 6) is 1.88. The molecule has 6 nitrogen and oxygen atoms in total. The lowest BCUT2D eigenvalue weighted by Crippen LogP contribution is -2.54. The molecule has 6 atom stereocenters. The van der Waals surface area contributed by atoms with Crippen molar-refractivity contribution in [2.75, 3.05) is 19.6 Å². The van der Waals surface area contributed by atoms with Gasteiger partial charge < -0.3 is 4.90 Å². The lowest BCUT2D eigenvalue weighted by Gasteiger charge is -2.39. The summed E-state index contributed by atoms with van der Waals surface area (Å²) < 4.78 is 0. The van der Waals surface area contributed by atoms with E-state index >= 15 is 0 Å². The van der Waals surface area contributed by atoms with E-state index in [0.29, 0.717) is 35.7 Å². The van der Waals surface area contributed by atoms with E-state index in [2.05, 4.69) is 56.9 Å². The first kappa shape index (κ1) is 19.5. The van der Waals surface area contributed by atoms with Gasteiger partial charge in [-0.15, -0.1) is 0 Å². The molecule has 1 aliphatic carbocycles. The van der Waals surface area contributed by atoms with Crippen molar-refractivity contribution in [2.45, 2.75) is 63.1 Å². The number of nitrogens with one attached hydrogen (secondary N) is 4. The van der Waals surface area contributed by atoms with Crippen LogP contribution in [0.1, 0.15) is 44.1 Å². The molecule has 158 valence electrons. The molecule has 0 spiro atoms. The van der Waals surface area contributed by atoms with Crippen LogP contribution in [0.15, 0.2) is 30.3 Å². The van der Waals surface area contributed by atoms with Crippen LogP contribution in [-0.2, 0) is 11.2 Å². The molecule has 6 heteroatoms. The highest BCUT2D eigenvalue weighted by Gasteiger charge is 2.44. The van der Waals surface area contributed by atoms with Crippen molar-refractivity contribution in [3.63, 3.8) is 0 Å². The first-order chi connectivity index (χ1) is 14.3. The lowest BCUT2D eigenvalue weighted by atomic mass is 9.80. The molecule has 3 heterocycles. The molecule has 0 aromatic heterocycles. The highest BCUT2D eigenvalue weighted by atomic mass is 16.2. The number of fused-ring (bicyclic) bond motifs is 1. The Bertz CT molecular complexity index is 698. The second-order valence-electron chi connectivity index (χ2n) is 9.51. The SMILES string of the molecule is O=C(C1NNC2CCCCC21)N1CCCC(C2NNCC2Cc2ccccc2)C1. The van der Waals surface area contributed by atoms with Gasteiger partial charge in [-0.1, -0.05) is 43.2 Å². The van der Waals surface area contributed by atoms with Crippen molar-refractivity contribution < 1.29 is 4.79 Å². The Kier molecular flexibility index (Phi) is 5.86. The average molecular weight is 398 g/mol. The molecule has 0 bridgehead atoms. The molecule has 3 saturated heterocycles. The molecule has 1 aromatic rings. The zero-order chi connectivity index (χ0) is 19.6. The molecule has 5 rings (SSSR count). The molecule has 1 aromatic carbocycles. The van der Waals surface area contributed by atoms with E-state index < -0.39 is 0 Å². The molecule has 4 fully saturated rings. The van der Waals surface area contributed by atoms with Crippen LogP contribution in [0.4, 0.5) is 0 Å². The highest BCUT2D eigenvalue weighted by molar-refractivity contribution is 5.82. The third-order valence-corrected chi connectivity index (χ3v) is 7.70. The summed E-state index contributed by atoms with van der Waals surface area (Å²) in [7, 11) is 0. The van der Waals surface area contributed by atoms with Gasteiger partial charge in [0.25, 0.3) is 0 Å². The van der Waals surface area contributed by atoms with E-state index in [-0.39, 0.29) is 6.04 Å². The van der Waals surface area contributed by atoms with E-state index in [1.165, 1.54) is 37.7 Å². The van der Waals surface area contributed by atoms with Gasteiger partial charge in [-0.25, -0.2) is 5.43 Å². The summed E-state index contributed by atoms with van der Waals surface area (Å²) >= 11 is 0. The Morgan fingerprint density at radius 2 is 1.86 bits per heavy atom. The predicted octanol–water partition coefficient (Wildman–Crippen LogP) is 1.60. The Morgan fingerprint density at radius 3 is 2.76 bits per heavy atom. The number of piperidine rings is 1. The number of amides is 1. The number of hydrogen-bond donors (Lipinski definition) is 4. The van der Waals surface area contributed by atoms with Crippen LogP contribution < -0.4 is 21.7 Å². The number of carbonyl (C=O) groups excluding carboxylic acids is 1. The maximum atomic E-state index is 13.4. The van der Waals surface area contributed by atoms with Gasteiger partial charge in [-0.3, -0.25) is 21.1 Å². The normalized spacial score (nSPS) is 37.4. The van der Waals surface area contributed by atoms with Crippen molar-refractivity contribution in [2.24, 2.45) is 17.8 Å². The quantitative estimate of drug-likeness (QED) is 0.621. The first-order valence-corrected chi connectivity index (χ1v) is 11.6. The highest BCUT2D eigenvalue weighted by Crippen LogP contribution is 2.33. The summed E-state index contributed by atoms with van der Waals surface area (Å²) in [5, 5.41) is 0. The minimum Gasteiger partial charge on any atom is -0.341 e. The number of hydrazine groups is 2. The van der Waals surface area contributed by atoms with E-state index in [0.717, 1.165) is 32.5 Å². The van der Waals surface area contributed by atoms with Crippen LogP contribution in [-0.4, -0.2) is 48.6 Å². The second-order valence-corrected chi connectivity index (χ2v) is 9.51. The molecular weight excluding hydrogens is 362 g/mol. The molecular formula is C23H35N5O. The van der Waals surface area contributed by atoms with E-state index in [9.17, 15) is 4.79 Å². The maximum Gasteiger partial charge on any atom is 0.241 e. The summed E-state index contributed by atoms with van der Waals surface area (Å²) in [5.41, 5.74) is 15.1. The molecule has 29 heavy (non-hydrogen) atoms. The van der Waals surface area contributed by atoms with E-state index in [1.54, 1.807) is 0 Å². The smallest absolute Gasteiger partial charge is 0.241 e. The van der Waals surface area contributed by atoms with Gasteiger partial charge in [0.15, 0.2) is 0 Å². The largest absolute Gasteiger partial charge is 0.341 e. The van der Waals surface area contributed by atoms with Crippen molar-refractivity contribution in [3.05, 3.63) is 35.9 Å². The maximum absolute atomic E-state index is 13.4. The molecule has 3 aliphatic heterocycles. The van der Waals surface area contributed by atoms with Gasteiger partial charge in [0.2, 0.25) is 5.91 Å². The minimum atomic E-state index is -0.0335. The fourth-order valence-electron chi connectivity index (χ4n) is 6.16. The molecule has 1 saturated carbocycles. The Labute approximate surface area is 174 Å². The standard InChI is InChI=1S/C23H35N5O/c29-23(22-19-10-4-5-11-20(19)25-27-22)28-12-6-9-17(15-28)21-18(14-24-26-21)13-16-7-2-1-3-8-16/h1-3,7-8,17-22,24-27H,4-6,9-15H2. The Morgan fingerprint density at radius 1 is 1.00 bits per heavy atom. The monoisotopic (exact) mass is 397 g/mol. The van der Waals surface area contributed by atoms with Crippen molar-refractivity contribution in [1.82, 2.24) is 26.6 Å². The van der Waals surface area contributed by atoms with E-state index in [4.69, 9.17) is 0 Å².